The van der Waals surface area contributed by atoms with Gasteiger partial charge in [-0.1, -0.05) is 26.7 Å². The smallest absolute Gasteiger partial charge is 0.312 e. The summed E-state index contributed by atoms with van der Waals surface area (Å²) >= 11 is 0. The van der Waals surface area contributed by atoms with Crippen LogP contribution in [0.2, 0.25) is 18.1 Å². The van der Waals surface area contributed by atoms with Crippen LogP contribution < -0.4 is 0 Å². The van der Waals surface area contributed by atoms with Crippen LogP contribution in [0.3, 0.4) is 0 Å². The van der Waals surface area contributed by atoms with Crippen molar-refractivity contribution in [1.29, 1.82) is 0 Å². The first-order valence-corrected chi connectivity index (χ1v) is 9.80. The summed E-state index contributed by atoms with van der Waals surface area (Å²) < 4.78 is 11.5. The van der Waals surface area contributed by atoms with Crippen LogP contribution >= 0.6 is 0 Å². The van der Waals surface area contributed by atoms with Gasteiger partial charge in [0.1, 0.15) is 12.2 Å². The molecule has 19 heavy (non-hydrogen) atoms. The molecule has 0 saturated carbocycles. The third-order valence-electron chi connectivity index (χ3n) is 4.19. The van der Waals surface area contributed by atoms with E-state index in [2.05, 4.69) is 45.7 Å². The second-order valence-corrected chi connectivity index (χ2v) is 11.5. The van der Waals surface area contributed by atoms with E-state index >= 15 is 0 Å². The zero-order valence-electron chi connectivity index (χ0n) is 13.2. The van der Waals surface area contributed by atoms with Gasteiger partial charge in [0.05, 0.1) is 5.92 Å². The molecule has 1 heterocycles. The van der Waals surface area contributed by atoms with Gasteiger partial charge in [-0.05, 0) is 32.0 Å². The third kappa shape index (κ3) is 3.84. The molecule has 1 fully saturated rings. The molecule has 1 aliphatic rings. The molecule has 0 aromatic rings. The quantitative estimate of drug-likeness (QED) is 0.450. The number of carbonyl (C=O) groups is 1. The predicted octanol–water partition coefficient (Wildman–Crippen LogP) is 3.35. The first-order chi connectivity index (χ1) is 8.58. The predicted molar refractivity (Wildman–Crippen MR) is 79.2 cm³/mol. The highest BCUT2D eigenvalue weighted by Gasteiger charge is 2.43. The maximum absolute atomic E-state index is 11.1. The van der Waals surface area contributed by atoms with Crippen molar-refractivity contribution in [3.8, 4) is 11.8 Å². The van der Waals surface area contributed by atoms with Gasteiger partial charge in [-0.25, -0.2) is 0 Å². The first-order valence-electron chi connectivity index (χ1n) is 6.89. The van der Waals surface area contributed by atoms with Crippen LogP contribution in [-0.4, -0.2) is 26.5 Å². The molecule has 108 valence electrons. The number of rotatable bonds is 4. The van der Waals surface area contributed by atoms with Crippen molar-refractivity contribution >= 4 is 14.3 Å². The van der Waals surface area contributed by atoms with E-state index in [1.165, 1.54) is 0 Å². The highest BCUT2D eigenvalue weighted by molar-refractivity contribution is 6.74. The second kappa shape index (κ2) is 5.68. The summed E-state index contributed by atoms with van der Waals surface area (Å²) in [5.74, 6) is 5.91. The Morgan fingerprint density at radius 3 is 2.37 bits per heavy atom. The van der Waals surface area contributed by atoms with Crippen molar-refractivity contribution in [2.45, 2.75) is 71.4 Å². The highest BCUT2D eigenvalue weighted by Crippen LogP contribution is 2.38. The highest BCUT2D eigenvalue weighted by atomic mass is 28.4. The van der Waals surface area contributed by atoms with Crippen LogP contribution in [0.5, 0.6) is 0 Å². The average Bonchev–Trinajstić information content (AvgIpc) is 2.26. The Bertz CT molecular complexity index is 398. The summed E-state index contributed by atoms with van der Waals surface area (Å²) in [5.41, 5.74) is 0. The summed E-state index contributed by atoms with van der Waals surface area (Å²) in [4.78, 5) is 11.1. The second-order valence-electron chi connectivity index (χ2n) is 6.76. The average molecular weight is 282 g/mol. The van der Waals surface area contributed by atoms with Crippen LogP contribution in [0.4, 0.5) is 0 Å². The molecular formula is C15H26O3Si. The molecule has 1 aliphatic heterocycles. The van der Waals surface area contributed by atoms with E-state index in [1.807, 2.05) is 13.8 Å². The number of cyclic esters (lactones) is 1. The van der Waals surface area contributed by atoms with E-state index in [0.717, 1.165) is 0 Å². The molecule has 1 rings (SSSR count). The number of carbonyl (C=O) groups excluding carboxylic acids is 1. The van der Waals surface area contributed by atoms with Crippen LogP contribution in [0.15, 0.2) is 0 Å². The van der Waals surface area contributed by atoms with E-state index < -0.39 is 8.32 Å². The van der Waals surface area contributed by atoms with Crippen molar-refractivity contribution in [2.75, 3.05) is 0 Å². The van der Waals surface area contributed by atoms with Crippen molar-refractivity contribution in [2.24, 2.45) is 5.92 Å². The molecule has 1 saturated heterocycles. The van der Waals surface area contributed by atoms with Crippen LogP contribution in [0.25, 0.3) is 0 Å². The molecule has 0 aromatic heterocycles. The standard InChI is InChI=1S/C15H26O3Si/c1-8-9-12(10-13-11(2)14(16)17-13)18-19(6,7)15(3,4)5/h11-13H,10H2,1-7H3/t11-,12+,13-/m0/s1. The Morgan fingerprint density at radius 1 is 1.42 bits per heavy atom. The van der Waals surface area contributed by atoms with Gasteiger partial charge >= 0.3 is 5.97 Å². The van der Waals surface area contributed by atoms with E-state index in [4.69, 9.17) is 9.16 Å². The summed E-state index contributed by atoms with van der Waals surface area (Å²) in [5, 5.41) is 0.155. The van der Waals surface area contributed by atoms with Gasteiger partial charge in [-0.3, -0.25) is 4.79 Å². The van der Waals surface area contributed by atoms with Gasteiger partial charge in [-0.15, -0.1) is 5.92 Å². The lowest BCUT2D eigenvalue weighted by molar-refractivity contribution is -0.184. The van der Waals surface area contributed by atoms with Gasteiger partial charge in [-0.2, -0.15) is 0 Å². The molecule has 0 aliphatic carbocycles. The molecule has 0 amide bonds. The molecule has 3 atom stereocenters. The first kappa shape index (κ1) is 16.3. The zero-order valence-corrected chi connectivity index (χ0v) is 14.2. The SMILES string of the molecule is CC#C[C@H](C[C@@H]1OC(=O)[C@H]1C)O[Si](C)(C)C(C)(C)C. The number of hydrogen-bond donors (Lipinski definition) is 0. The Labute approximate surface area is 118 Å². The molecular weight excluding hydrogens is 256 g/mol. The summed E-state index contributed by atoms with van der Waals surface area (Å²) in [6, 6.07) is 0. The molecule has 0 radical (unpaired) electrons. The number of hydrogen-bond acceptors (Lipinski definition) is 3. The van der Waals surface area contributed by atoms with Crippen LogP contribution in [-0.2, 0) is 14.0 Å². The fraction of sp³-hybridized carbons (Fsp3) is 0.800. The summed E-state index contributed by atoms with van der Waals surface area (Å²) in [6.07, 6.45) is 0.509. The number of esters is 1. The van der Waals surface area contributed by atoms with Gasteiger partial charge < -0.3 is 9.16 Å². The summed E-state index contributed by atoms with van der Waals surface area (Å²) in [6.45, 7) is 14.8. The molecule has 4 heteroatoms. The Balaban J connectivity index is 2.68. The lowest BCUT2D eigenvalue weighted by Crippen LogP contribution is -2.48. The maximum Gasteiger partial charge on any atom is 0.312 e. The minimum Gasteiger partial charge on any atom is -0.461 e. The lowest BCUT2D eigenvalue weighted by Gasteiger charge is -2.40. The molecule has 0 N–H and O–H groups in total. The van der Waals surface area contributed by atoms with Crippen molar-refractivity contribution in [3.63, 3.8) is 0 Å². The number of ether oxygens (including phenoxy) is 1. The Kier molecular flexibility index (Phi) is 4.86. The topological polar surface area (TPSA) is 35.5 Å². The van der Waals surface area contributed by atoms with Crippen molar-refractivity contribution in [1.82, 2.24) is 0 Å². The minimum absolute atomic E-state index is 0.0239. The van der Waals surface area contributed by atoms with Crippen molar-refractivity contribution < 1.29 is 14.0 Å². The van der Waals surface area contributed by atoms with Gasteiger partial charge in [0.15, 0.2) is 8.32 Å². The maximum atomic E-state index is 11.1. The monoisotopic (exact) mass is 282 g/mol. The summed E-state index contributed by atoms with van der Waals surface area (Å²) in [7, 11) is -1.84. The van der Waals surface area contributed by atoms with Crippen molar-refractivity contribution in [3.05, 3.63) is 0 Å². The minimum atomic E-state index is -1.84. The van der Waals surface area contributed by atoms with E-state index in [-0.39, 0.29) is 29.1 Å². The normalized spacial score (nSPS) is 24.9. The molecule has 0 bridgehead atoms. The Hall–Kier alpha value is -0.793. The zero-order chi connectivity index (χ0) is 14.8. The van der Waals surface area contributed by atoms with E-state index in [1.54, 1.807) is 0 Å². The fourth-order valence-corrected chi connectivity index (χ4v) is 2.95. The molecule has 0 spiro atoms. The van der Waals surface area contributed by atoms with Crippen LogP contribution in [0, 0.1) is 17.8 Å². The largest absolute Gasteiger partial charge is 0.461 e. The van der Waals surface area contributed by atoms with Gasteiger partial charge in [0.2, 0.25) is 0 Å². The van der Waals surface area contributed by atoms with Crippen LogP contribution in [0.1, 0.15) is 41.0 Å². The lowest BCUT2D eigenvalue weighted by atomic mass is 9.94. The fourth-order valence-electron chi connectivity index (χ4n) is 1.73. The Morgan fingerprint density at radius 2 is 2.00 bits per heavy atom. The van der Waals surface area contributed by atoms with Gasteiger partial charge in [0.25, 0.3) is 0 Å². The van der Waals surface area contributed by atoms with E-state index in [9.17, 15) is 4.79 Å². The van der Waals surface area contributed by atoms with E-state index in [0.29, 0.717) is 6.42 Å². The molecule has 3 nitrogen and oxygen atoms in total. The molecule has 0 aromatic carbocycles. The third-order valence-corrected chi connectivity index (χ3v) is 8.68. The molecule has 0 unspecified atom stereocenters. The van der Waals surface area contributed by atoms with Gasteiger partial charge in [0, 0.05) is 6.42 Å².